The Morgan fingerprint density at radius 1 is 0.939 bits per heavy atom. The molecule has 1 aliphatic heterocycles. The number of nitrogens with zero attached hydrogens (tertiary/aromatic N) is 3. The van der Waals surface area contributed by atoms with E-state index in [2.05, 4.69) is 21.4 Å². The van der Waals surface area contributed by atoms with Gasteiger partial charge in [-0.2, -0.15) is 0 Å². The summed E-state index contributed by atoms with van der Waals surface area (Å²) in [6, 6.07) is 15.5. The van der Waals surface area contributed by atoms with Crippen molar-refractivity contribution in [2.45, 2.75) is 20.4 Å². The fourth-order valence-electron chi connectivity index (χ4n) is 4.43. The smallest absolute Gasteiger partial charge is 0.340 e. The molecule has 0 radical (unpaired) electrons. The van der Waals surface area contributed by atoms with Crippen molar-refractivity contribution in [3.05, 3.63) is 75.4 Å². The van der Waals surface area contributed by atoms with Crippen LogP contribution in [0.5, 0.6) is 0 Å². The Morgan fingerprint density at radius 2 is 1.52 bits per heavy atom. The van der Waals surface area contributed by atoms with E-state index in [4.69, 9.17) is 27.9 Å². The number of hydrogen-bond donors (Lipinski definition) is 0. The predicted molar refractivity (Wildman–Crippen MR) is 135 cm³/mol. The lowest BCUT2D eigenvalue weighted by molar-refractivity contribution is 0.0522. The second kappa shape index (κ2) is 10.3. The number of aromatic nitrogens is 1. The first-order valence-corrected chi connectivity index (χ1v) is 12.0. The van der Waals surface area contributed by atoms with Gasteiger partial charge in [-0.05, 0) is 62.9 Å². The summed E-state index contributed by atoms with van der Waals surface area (Å²) < 4.78 is 7.65. The lowest BCUT2D eigenvalue weighted by Gasteiger charge is -2.32. The first-order chi connectivity index (χ1) is 15.9. The van der Waals surface area contributed by atoms with Crippen LogP contribution in [0, 0.1) is 6.92 Å². The van der Waals surface area contributed by atoms with Gasteiger partial charge in [0.05, 0.1) is 17.9 Å². The van der Waals surface area contributed by atoms with Crippen molar-refractivity contribution < 1.29 is 9.53 Å². The summed E-state index contributed by atoms with van der Waals surface area (Å²) >= 11 is 12.4. The minimum absolute atomic E-state index is 0.290. The van der Waals surface area contributed by atoms with Gasteiger partial charge < -0.3 is 14.2 Å². The Kier molecular flexibility index (Phi) is 7.45. The van der Waals surface area contributed by atoms with Crippen molar-refractivity contribution >= 4 is 29.2 Å². The fourth-order valence-corrected chi connectivity index (χ4v) is 4.68. The zero-order valence-corrected chi connectivity index (χ0v) is 20.8. The van der Waals surface area contributed by atoms with Crippen molar-refractivity contribution in [3.8, 4) is 16.9 Å². The van der Waals surface area contributed by atoms with E-state index in [1.54, 1.807) is 0 Å². The van der Waals surface area contributed by atoms with Gasteiger partial charge in [-0.3, -0.25) is 4.90 Å². The Morgan fingerprint density at radius 3 is 2.09 bits per heavy atom. The van der Waals surface area contributed by atoms with E-state index in [1.165, 1.54) is 0 Å². The van der Waals surface area contributed by atoms with Crippen LogP contribution < -0.4 is 0 Å². The standard InChI is InChI=1S/C26H29Cl2N3O2/c1-4-33-26(32)24-18(2)31(22-11-9-21(28)10-12-22)25(19-5-7-20(27)8-6-19)23(24)17-30-15-13-29(3)14-16-30/h5-12H,4,13-17H2,1-3H3. The molecular weight excluding hydrogens is 457 g/mol. The van der Waals surface area contributed by atoms with Gasteiger partial charge in [-0.1, -0.05) is 35.3 Å². The van der Waals surface area contributed by atoms with E-state index >= 15 is 0 Å². The molecule has 7 heteroatoms. The van der Waals surface area contributed by atoms with Gasteiger partial charge in [-0.25, -0.2) is 4.79 Å². The van der Waals surface area contributed by atoms with Crippen LogP contribution in [0.25, 0.3) is 16.9 Å². The van der Waals surface area contributed by atoms with Gasteiger partial charge in [0.1, 0.15) is 0 Å². The lowest BCUT2D eigenvalue weighted by atomic mass is 10.0. The van der Waals surface area contributed by atoms with Crippen molar-refractivity contribution in [3.63, 3.8) is 0 Å². The number of likely N-dealkylation sites (N-methyl/N-ethyl adjacent to an activating group) is 1. The second-order valence-electron chi connectivity index (χ2n) is 8.41. The maximum atomic E-state index is 13.2. The van der Waals surface area contributed by atoms with E-state index < -0.39 is 0 Å². The Hall–Kier alpha value is -2.31. The Bertz CT molecular complexity index is 1120. The summed E-state index contributed by atoms with van der Waals surface area (Å²) in [5, 5.41) is 1.34. The lowest BCUT2D eigenvalue weighted by Crippen LogP contribution is -2.44. The van der Waals surface area contributed by atoms with Gasteiger partial charge >= 0.3 is 5.97 Å². The molecule has 1 saturated heterocycles. The fraction of sp³-hybridized carbons (Fsp3) is 0.346. The van der Waals surface area contributed by atoms with E-state index in [0.717, 1.165) is 54.4 Å². The van der Waals surface area contributed by atoms with Crippen LogP contribution in [0.15, 0.2) is 48.5 Å². The summed E-state index contributed by atoms with van der Waals surface area (Å²) in [5.74, 6) is -0.290. The number of piperazine rings is 1. The number of carbonyl (C=O) groups is 1. The topological polar surface area (TPSA) is 37.7 Å². The van der Waals surface area contributed by atoms with Crippen LogP contribution in [0.3, 0.4) is 0 Å². The minimum atomic E-state index is -0.290. The number of esters is 1. The summed E-state index contributed by atoms with van der Waals surface area (Å²) in [7, 11) is 2.14. The Balaban J connectivity index is 1.94. The molecule has 1 aliphatic rings. The minimum Gasteiger partial charge on any atom is -0.462 e. The maximum Gasteiger partial charge on any atom is 0.340 e. The number of benzene rings is 2. The zero-order chi connectivity index (χ0) is 23.5. The molecule has 0 saturated carbocycles. The average molecular weight is 486 g/mol. The molecule has 0 spiro atoms. The molecule has 1 fully saturated rings. The van der Waals surface area contributed by atoms with E-state index in [0.29, 0.717) is 28.8 Å². The molecule has 0 N–H and O–H groups in total. The highest BCUT2D eigenvalue weighted by Crippen LogP contribution is 2.37. The van der Waals surface area contributed by atoms with Gasteiger partial charge in [0.2, 0.25) is 0 Å². The van der Waals surface area contributed by atoms with Gasteiger partial charge in [0.15, 0.2) is 0 Å². The molecule has 5 nitrogen and oxygen atoms in total. The third-order valence-corrected chi connectivity index (χ3v) is 6.67. The third-order valence-electron chi connectivity index (χ3n) is 6.17. The highest BCUT2D eigenvalue weighted by Gasteiger charge is 2.29. The molecule has 0 bridgehead atoms. The van der Waals surface area contributed by atoms with Gasteiger partial charge in [-0.15, -0.1) is 0 Å². The molecule has 0 aliphatic carbocycles. The Labute approximate surface area is 205 Å². The van der Waals surface area contributed by atoms with E-state index in [-0.39, 0.29) is 5.97 Å². The normalized spacial score (nSPS) is 15.1. The summed E-state index contributed by atoms with van der Waals surface area (Å²) in [6.45, 7) is 8.71. The first kappa shape index (κ1) is 23.8. The maximum absolute atomic E-state index is 13.2. The van der Waals surface area contributed by atoms with Crippen molar-refractivity contribution in [1.82, 2.24) is 14.4 Å². The van der Waals surface area contributed by atoms with E-state index in [9.17, 15) is 4.79 Å². The molecule has 0 atom stereocenters. The largest absolute Gasteiger partial charge is 0.462 e. The van der Waals surface area contributed by atoms with Crippen molar-refractivity contribution in [2.24, 2.45) is 0 Å². The van der Waals surface area contributed by atoms with Crippen LogP contribution >= 0.6 is 23.2 Å². The summed E-state index contributed by atoms with van der Waals surface area (Å²) in [6.07, 6.45) is 0. The average Bonchev–Trinajstić information content (AvgIpc) is 3.08. The molecule has 2 aromatic carbocycles. The zero-order valence-electron chi connectivity index (χ0n) is 19.3. The third kappa shape index (κ3) is 5.12. The van der Waals surface area contributed by atoms with E-state index in [1.807, 2.05) is 62.4 Å². The van der Waals surface area contributed by atoms with Gasteiger partial charge in [0, 0.05) is 59.7 Å². The van der Waals surface area contributed by atoms with Crippen LogP contribution in [-0.4, -0.2) is 60.2 Å². The molecule has 33 heavy (non-hydrogen) atoms. The summed E-state index contributed by atoms with van der Waals surface area (Å²) in [4.78, 5) is 17.9. The molecule has 4 rings (SSSR count). The summed E-state index contributed by atoms with van der Waals surface area (Å²) in [5.41, 5.74) is 5.39. The molecule has 174 valence electrons. The predicted octanol–water partition coefficient (Wildman–Crippen LogP) is 5.68. The number of carbonyl (C=O) groups excluding carboxylic acids is 1. The van der Waals surface area contributed by atoms with Crippen LogP contribution in [0.2, 0.25) is 10.0 Å². The SMILES string of the molecule is CCOC(=O)c1c(CN2CCN(C)CC2)c(-c2ccc(Cl)cc2)n(-c2ccc(Cl)cc2)c1C. The first-order valence-electron chi connectivity index (χ1n) is 11.2. The van der Waals surface area contributed by atoms with Crippen LogP contribution in [-0.2, 0) is 11.3 Å². The number of halogens is 2. The molecular formula is C26H29Cl2N3O2. The number of ether oxygens (including phenoxy) is 1. The molecule has 0 unspecified atom stereocenters. The monoisotopic (exact) mass is 485 g/mol. The van der Waals surface area contributed by atoms with Gasteiger partial charge in [0.25, 0.3) is 0 Å². The van der Waals surface area contributed by atoms with Crippen molar-refractivity contribution in [2.75, 3.05) is 39.8 Å². The quantitative estimate of drug-likeness (QED) is 0.420. The van der Waals surface area contributed by atoms with Crippen LogP contribution in [0.4, 0.5) is 0 Å². The molecule has 2 heterocycles. The molecule has 3 aromatic rings. The molecule has 1 aromatic heterocycles. The number of rotatable bonds is 6. The second-order valence-corrected chi connectivity index (χ2v) is 9.28. The molecule has 0 amide bonds. The highest BCUT2D eigenvalue weighted by molar-refractivity contribution is 6.30. The van der Waals surface area contributed by atoms with Crippen molar-refractivity contribution in [1.29, 1.82) is 0 Å². The number of hydrogen-bond acceptors (Lipinski definition) is 4. The van der Waals surface area contributed by atoms with Crippen LogP contribution in [0.1, 0.15) is 28.5 Å². The highest BCUT2D eigenvalue weighted by atomic mass is 35.5.